The Labute approximate surface area is 99.1 Å². The molecule has 1 aliphatic carbocycles. The van der Waals surface area contributed by atoms with E-state index >= 15 is 0 Å². The van der Waals surface area contributed by atoms with Crippen molar-refractivity contribution in [1.82, 2.24) is 10.7 Å². The number of hydrogen-bond acceptors (Lipinski definition) is 2. The molecule has 4 N–H and O–H groups in total. The van der Waals surface area contributed by atoms with Gasteiger partial charge in [0.15, 0.2) is 0 Å². The van der Waals surface area contributed by atoms with Crippen molar-refractivity contribution in [3.8, 4) is 0 Å². The number of unbranched alkanes of at least 4 members (excludes halogenated alkanes) is 1. The molecular weight excluding hydrogens is 200 g/mol. The van der Waals surface area contributed by atoms with Crippen molar-refractivity contribution >= 4 is 5.96 Å². The Hall–Kier alpha value is -0.770. The predicted molar refractivity (Wildman–Crippen MR) is 69.1 cm³/mol. The summed E-state index contributed by atoms with van der Waals surface area (Å²) in [6.45, 7) is 4.00. The fourth-order valence-corrected chi connectivity index (χ4v) is 2.20. The van der Waals surface area contributed by atoms with Crippen LogP contribution in [-0.2, 0) is 0 Å². The Kier molecular flexibility index (Phi) is 6.97. The third-order valence-corrected chi connectivity index (χ3v) is 3.24. The molecule has 0 saturated heterocycles. The predicted octanol–water partition coefficient (Wildman–Crippen LogP) is 1.78. The zero-order chi connectivity index (χ0) is 11.6. The van der Waals surface area contributed by atoms with Crippen molar-refractivity contribution in [2.75, 3.05) is 13.1 Å². The molecule has 0 aromatic heterocycles. The smallest absolute Gasteiger partial charge is 0.205 e. The average Bonchev–Trinajstić information content (AvgIpc) is 2.80. The van der Waals surface area contributed by atoms with Crippen LogP contribution in [-0.4, -0.2) is 19.0 Å². The number of hydrogen-bond donors (Lipinski definition) is 3. The summed E-state index contributed by atoms with van der Waals surface area (Å²) in [4.78, 5) is 4.37. The minimum atomic E-state index is 0.742. The molecule has 1 rings (SSSR count). The van der Waals surface area contributed by atoms with Gasteiger partial charge in [-0.2, -0.15) is 0 Å². The molecule has 0 bridgehead atoms. The number of rotatable bonds is 6. The molecule has 16 heavy (non-hydrogen) atoms. The van der Waals surface area contributed by atoms with Gasteiger partial charge in [0.1, 0.15) is 0 Å². The fourth-order valence-electron chi connectivity index (χ4n) is 2.20. The molecule has 4 nitrogen and oxygen atoms in total. The summed E-state index contributed by atoms with van der Waals surface area (Å²) in [7, 11) is 0. The number of aliphatic imine (C=N–C) groups is 1. The number of nitrogens with one attached hydrogen (secondary N) is 2. The third-order valence-electron chi connectivity index (χ3n) is 3.24. The van der Waals surface area contributed by atoms with E-state index in [1.165, 1.54) is 38.5 Å². The summed E-state index contributed by atoms with van der Waals surface area (Å²) in [5.74, 6) is 7.07. The maximum Gasteiger partial charge on any atom is 0.205 e. The van der Waals surface area contributed by atoms with E-state index in [9.17, 15) is 0 Å². The Morgan fingerprint density at radius 2 is 2.12 bits per heavy atom. The summed E-state index contributed by atoms with van der Waals surface area (Å²) >= 11 is 0. The minimum Gasteiger partial charge on any atom is -0.355 e. The zero-order valence-electron chi connectivity index (χ0n) is 10.5. The first-order valence-electron chi connectivity index (χ1n) is 6.61. The SMILES string of the molecule is CCCCN=C(NN)NCCC1CCCC1. The highest BCUT2D eigenvalue weighted by molar-refractivity contribution is 5.79. The molecular formula is C12H26N4. The van der Waals surface area contributed by atoms with Gasteiger partial charge in [0.2, 0.25) is 5.96 Å². The second-order valence-corrected chi connectivity index (χ2v) is 4.59. The monoisotopic (exact) mass is 226 g/mol. The molecule has 4 heteroatoms. The van der Waals surface area contributed by atoms with Crippen LogP contribution in [0.1, 0.15) is 51.9 Å². The van der Waals surface area contributed by atoms with E-state index in [0.29, 0.717) is 0 Å². The molecule has 0 atom stereocenters. The lowest BCUT2D eigenvalue weighted by molar-refractivity contribution is 0.498. The molecule has 1 aliphatic rings. The van der Waals surface area contributed by atoms with Gasteiger partial charge in [0, 0.05) is 13.1 Å². The van der Waals surface area contributed by atoms with Gasteiger partial charge < -0.3 is 5.32 Å². The van der Waals surface area contributed by atoms with Crippen molar-refractivity contribution in [3.05, 3.63) is 0 Å². The van der Waals surface area contributed by atoms with Crippen molar-refractivity contribution in [1.29, 1.82) is 0 Å². The molecule has 0 aromatic rings. The van der Waals surface area contributed by atoms with Gasteiger partial charge in [0.05, 0.1) is 0 Å². The lowest BCUT2D eigenvalue weighted by atomic mass is 10.0. The van der Waals surface area contributed by atoms with E-state index < -0.39 is 0 Å². The summed E-state index contributed by atoms with van der Waals surface area (Å²) in [6, 6.07) is 0. The van der Waals surface area contributed by atoms with Crippen LogP contribution >= 0.6 is 0 Å². The molecule has 0 spiro atoms. The molecule has 94 valence electrons. The normalized spacial score (nSPS) is 17.8. The lowest BCUT2D eigenvalue weighted by Gasteiger charge is -2.12. The number of nitrogens with zero attached hydrogens (tertiary/aromatic N) is 1. The van der Waals surface area contributed by atoms with Gasteiger partial charge in [-0.25, -0.2) is 5.84 Å². The molecule has 1 fully saturated rings. The Morgan fingerprint density at radius 1 is 1.38 bits per heavy atom. The second-order valence-electron chi connectivity index (χ2n) is 4.59. The van der Waals surface area contributed by atoms with E-state index in [0.717, 1.165) is 31.4 Å². The Bertz CT molecular complexity index is 197. The van der Waals surface area contributed by atoms with Crippen LogP contribution in [0, 0.1) is 5.92 Å². The van der Waals surface area contributed by atoms with Gasteiger partial charge in [-0.3, -0.25) is 10.4 Å². The molecule has 0 heterocycles. The topological polar surface area (TPSA) is 62.4 Å². The molecule has 0 aliphatic heterocycles. The van der Waals surface area contributed by atoms with Gasteiger partial charge in [-0.1, -0.05) is 39.0 Å². The summed E-state index contributed by atoms with van der Waals surface area (Å²) in [6.07, 6.45) is 9.17. The van der Waals surface area contributed by atoms with Crippen LogP contribution in [0.25, 0.3) is 0 Å². The van der Waals surface area contributed by atoms with E-state index in [4.69, 9.17) is 5.84 Å². The maximum atomic E-state index is 5.41. The van der Waals surface area contributed by atoms with Crippen LogP contribution in [0.4, 0.5) is 0 Å². The number of nitrogens with two attached hydrogens (primary N) is 1. The fraction of sp³-hybridized carbons (Fsp3) is 0.917. The van der Waals surface area contributed by atoms with Crippen LogP contribution in [0.15, 0.2) is 4.99 Å². The number of guanidine groups is 1. The van der Waals surface area contributed by atoms with E-state index in [1.807, 2.05) is 0 Å². The molecule has 0 aromatic carbocycles. The number of hydrazine groups is 1. The quantitative estimate of drug-likeness (QED) is 0.213. The molecule has 0 unspecified atom stereocenters. The van der Waals surface area contributed by atoms with Crippen molar-refractivity contribution in [2.45, 2.75) is 51.9 Å². The Morgan fingerprint density at radius 3 is 2.75 bits per heavy atom. The van der Waals surface area contributed by atoms with Crippen LogP contribution in [0.5, 0.6) is 0 Å². The largest absolute Gasteiger partial charge is 0.355 e. The highest BCUT2D eigenvalue weighted by Crippen LogP contribution is 2.26. The first-order chi connectivity index (χ1) is 7.86. The van der Waals surface area contributed by atoms with E-state index in [-0.39, 0.29) is 0 Å². The molecule has 1 saturated carbocycles. The third kappa shape index (κ3) is 5.35. The molecule has 0 amide bonds. The van der Waals surface area contributed by atoms with Crippen LogP contribution in [0.2, 0.25) is 0 Å². The highest BCUT2D eigenvalue weighted by Gasteiger charge is 2.14. The summed E-state index contributed by atoms with van der Waals surface area (Å²) < 4.78 is 0. The van der Waals surface area contributed by atoms with Crippen molar-refractivity contribution in [2.24, 2.45) is 16.8 Å². The van der Waals surface area contributed by atoms with E-state index in [1.54, 1.807) is 0 Å². The summed E-state index contributed by atoms with van der Waals surface area (Å²) in [5, 5.41) is 3.27. The highest BCUT2D eigenvalue weighted by atomic mass is 15.3. The first-order valence-corrected chi connectivity index (χ1v) is 6.61. The molecule has 0 radical (unpaired) electrons. The van der Waals surface area contributed by atoms with Gasteiger partial charge in [0.25, 0.3) is 0 Å². The van der Waals surface area contributed by atoms with E-state index in [2.05, 4.69) is 22.7 Å². The van der Waals surface area contributed by atoms with Crippen LogP contribution < -0.4 is 16.6 Å². The lowest BCUT2D eigenvalue weighted by Crippen LogP contribution is -2.42. The van der Waals surface area contributed by atoms with Gasteiger partial charge >= 0.3 is 0 Å². The van der Waals surface area contributed by atoms with Crippen molar-refractivity contribution < 1.29 is 0 Å². The first kappa shape index (κ1) is 13.3. The second kappa shape index (κ2) is 8.39. The summed E-state index contributed by atoms with van der Waals surface area (Å²) in [5.41, 5.74) is 2.63. The standard InChI is InChI=1S/C12H26N4/c1-2-3-9-14-12(16-13)15-10-8-11-6-4-5-7-11/h11H,2-10,13H2,1H3,(H2,14,15,16). The minimum absolute atomic E-state index is 0.742. The van der Waals surface area contributed by atoms with Gasteiger partial charge in [-0.15, -0.1) is 0 Å². The Balaban J connectivity index is 2.09. The van der Waals surface area contributed by atoms with Crippen molar-refractivity contribution in [3.63, 3.8) is 0 Å². The maximum absolute atomic E-state index is 5.41. The average molecular weight is 226 g/mol. The van der Waals surface area contributed by atoms with Gasteiger partial charge in [-0.05, 0) is 18.8 Å². The zero-order valence-corrected chi connectivity index (χ0v) is 10.5. The van der Waals surface area contributed by atoms with Crippen LogP contribution in [0.3, 0.4) is 0 Å².